The number of anilines is 1. The Balaban J connectivity index is 1.52. The average Bonchev–Trinajstić information content (AvgIpc) is 3.68. The lowest BCUT2D eigenvalue weighted by Gasteiger charge is -2.34. The van der Waals surface area contributed by atoms with Gasteiger partial charge in [0.1, 0.15) is 0 Å². The highest BCUT2D eigenvalue weighted by Gasteiger charge is 2.39. The second-order valence-electron chi connectivity index (χ2n) is 8.84. The summed E-state index contributed by atoms with van der Waals surface area (Å²) in [5.41, 5.74) is 0.596. The van der Waals surface area contributed by atoms with Crippen LogP contribution in [-0.2, 0) is 24.8 Å². The van der Waals surface area contributed by atoms with Crippen LogP contribution in [-0.4, -0.2) is 56.5 Å². The quantitative estimate of drug-likeness (QED) is 0.562. The lowest BCUT2D eigenvalue weighted by atomic mass is 10.0. The largest absolute Gasteiger partial charge is 0.325 e. The van der Waals surface area contributed by atoms with Crippen molar-refractivity contribution in [1.82, 2.24) is 8.61 Å². The van der Waals surface area contributed by atoms with Gasteiger partial charge in [0.15, 0.2) is 0 Å². The number of carbonyl (C=O) groups excluding carboxylic acids is 1. The van der Waals surface area contributed by atoms with Crippen molar-refractivity contribution in [2.24, 2.45) is 0 Å². The molecule has 1 saturated carbocycles. The Morgan fingerprint density at radius 1 is 0.941 bits per heavy atom. The van der Waals surface area contributed by atoms with Crippen LogP contribution in [0, 0.1) is 0 Å². The molecule has 1 unspecified atom stereocenters. The summed E-state index contributed by atoms with van der Waals surface area (Å²) in [4.78, 5) is 12.6. The van der Waals surface area contributed by atoms with Crippen LogP contribution < -0.4 is 5.32 Å². The molecule has 0 spiro atoms. The van der Waals surface area contributed by atoms with Crippen molar-refractivity contribution < 1.29 is 21.6 Å². The van der Waals surface area contributed by atoms with Crippen molar-refractivity contribution >= 4 is 31.6 Å². The highest BCUT2D eigenvalue weighted by Crippen LogP contribution is 2.33. The molecule has 1 aliphatic carbocycles. The third-order valence-electron chi connectivity index (χ3n) is 6.39. The molecule has 2 fully saturated rings. The Hall–Kier alpha value is -2.27. The van der Waals surface area contributed by atoms with Crippen LogP contribution in [0.1, 0.15) is 45.4 Å². The summed E-state index contributed by atoms with van der Waals surface area (Å²) in [5.74, 6) is -0.420. The zero-order chi connectivity index (χ0) is 24.3. The van der Waals surface area contributed by atoms with Crippen LogP contribution in [0.5, 0.6) is 0 Å². The summed E-state index contributed by atoms with van der Waals surface area (Å²) in [5, 5.41) is 2.72. The van der Waals surface area contributed by atoms with E-state index in [1.54, 1.807) is 28.6 Å². The van der Waals surface area contributed by atoms with E-state index in [4.69, 9.17) is 0 Å². The minimum absolute atomic E-state index is 0.0171. The van der Waals surface area contributed by atoms with Gasteiger partial charge in [0, 0.05) is 24.3 Å². The molecule has 2 aliphatic rings. The first-order valence-electron chi connectivity index (χ1n) is 11.7. The fraction of sp³-hybridized carbons (Fsp3) is 0.458. The first-order chi connectivity index (χ1) is 16.2. The van der Waals surface area contributed by atoms with Crippen LogP contribution in [0.15, 0.2) is 64.4 Å². The fourth-order valence-electron chi connectivity index (χ4n) is 4.39. The predicted molar refractivity (Wildman–Crippen MR) is 130 cm³/mol. The minimum Gasteiger partial charge on any atom is -0.325 e. The monoisotopic (exact) mass is 505 g/mol. The lowest BCUT2D eigenvalue weighted by molar-refractivity contribution is -0.116. The molecule has 1 aliphatic heterocycles. The molecule has 1 saturated heterocycles. The van der Waals surface area contributed by atoms with Gasteiger partial charge in [-0.3, -0.25) is 4.79 Å². The maximum atomic E-state index is 13.3. The van der Waals surface area contributed by atoms with Gasteiger partial charge in [0.05, 0.1) is 16.3 Å². The van der Waals surface area contributed by atoms with Crippen molar-refractivity contribution in [3.63, 3.8) is 0 Å². The molecule has 2 aromatic rings. The summed E-state index contributed by atoms with van der Waals surface area (Å²) in [6.45, 7) is 2.16. The molecule has 0 radical (unpaired) electrons. The Labute approximate surface area is 202 Å². The van der Waals surface area contributed by atoms with Gasteiger partial charge in [-0.25, -0.2) is 16.8 Å². The number of amides is 1. The number of rotatable bonds is 9. The van der Waals surface area contributed by atoms with E-state index in [-0.39, 0.29) is 28.4 Å². The summed E-state index contributed by atoms with van der Waals surface area (Å²) < 4.78 is 55.9. The van der Waals surface area contributed by atoms with Crippen LogP contribution in [0.3, 0.4) is 0 Å². The SMILES string of the molecule is CCC1CCCCN1S(=O)(=O)c1ccc(S(=O)(=O)N(CC(=O)Nc2ccccc2)C2CC2)cc1. The van der Waals surface area contributed by atoms with Crippen LogP contribution in [0.25, 0.3) is 0 Å². The molecule has 1 heterocycles. The molecule has 1 atom stereocenters. The normalized spacial score (nSPS) is 19.8. The zero-order valence-corrected chi connectivity index (χ0v) is 20.9. The Morgan fingerprint density at radius 3 is 2.21 bits per heavy atom. The molecule has 4 rings (SSSR count). The lowest BCUT2D eigenvalue weighted by Crippen LogP contribution is -2.43. The maximum Gasteiger partial charge on any atom is 0.243 e. The van der Waals surface area contributed by atoms with Gasteiger partial charge in [-0.15, -0.1) is 0 Å². The molecule has 0 bridgehead atoms. The van der Waals surface area contributed by atoms with Crippen LogP contribution in [0.2, 0.25) is 0 Å². The minimum atomic E-state index is -3.96. The Kier molecular flexibility index (Phi) is 7.42. The molecule has 184 valence electrons. The molecular weight excluding hydrogens is 474 g/mol. The van der Waals surface area contributed by atoms with E-state index in [2.05, 4.69) is 5.32 Å². The van der Waals surface area contributed by atoms with Crippen LogP contribution in [0.4, 0.5) is 5.69 Å². The van der Waals surface area contributed by atoms with Gasteiger partial charge < -0.3 is 5.32 Å². The van der Waals surface area contributed by atoms with Crippen molar-refractivity contribution in [3.8, 4) is 0 Å². The van der Waals surface area contributed by atoms with Gasteiger partial charge in [-0.2, -0.15) is 8.61 Å². The van der Waals surface area contributed by atoms with Gasteiger partial charge in [0.25, 0.3) is 0 Å². The number of nitrogens with one attached hydrogen (secondary N) is 1. The van der Waals surface area contributed by atoms with Gasteiger partial charge in [-0.05, 0) is 68.5 Å². The number of nitrogens with zero attached hydrogens (tertiary/aromatic N) is 2. The highest BCUT2D eigenvalue weighted by molar-refractivity contribution is 7.89. The van der Waals surface area contributed by atoms with E-state index in [0.29, 0.717) is 25.1 Å². The van der Waals surface area contributed by atoms with Crippen molar-refractivity contribution in [2.45, 2.75) is 67.3 Å². The smallest absolute Gasteiger partial charge is 0.243 e. The number of sulfonamides is 2. The van der Waals surface area contributed by atoms with Gasteiger partial charge in [-0.1, -0.05) is 31.5 Å². The summed E-state index contributed by atoms with van der Waals surface area (Å²) in [7, 11) is -7.67. The number of para-hydroxylation sites is 1. The Bertz CT molecular complexity index is 1210. The van der Waals surface area contributed by atoms with Crippen molar-refractivity contribution in [1.29, 1.82) is 0 Å². The van der Waals surface area contributed by atoms with E-state index in [1.165, 1.54) is 28.6 Å². The molecule has 0 aromatic heterocycles. The summed E-state index contributed by atoms with van der Waals surface area (Å²) in [6.07, 6.45) is 4.80. The number of piperidine rings is 1. The first kappa shape index (κ1) is 24.8. The third-order valence-corrected chi connectivity index (χ3v) is 10.3. The molecule has 2 aromatic carbocycles. The van der Waals surface area contributed by atoms with Crippen LogP contribution >= 0.6 is 0 Å². The van der Waals surface area contributed by atoms with E-state index in [9.17, 15) is 21.6 Å². The maximum absolute atomic E-state index is 13.3. The summed E-state index contributed by atoms with van der Waals surface area (Å²) >= 11 is 0. The molecule has 1 amide bonds. The molecule has 10 heteroatoms. The fourth-order valence-corrected chi connectivity index (χ4v) is 7.80. The average molecular weight is 506 g/mol. The Morgan fingerprint density at radius 2 is 1.59 bits per heavy atom. The van der Waals surface area contributed by atoms with E-state index in [1.807, 2.05) is 13.0 Å². The van der Waals surface area contributed by atoms with Gasteiger partial charge in [0.2, 0.25) is 26.0 Å². The second-order valence-corrected chi connectivity index (χ2v) is 12.6. The number of carbonyl (C=O) groups is 1. The third kappa shape index (κ3) is 5.35. The zero-order valence-electron chi connectivity index (χ0n) is 19.3. The molecule has 34 heavy (non-hydrogen) atoms. The van der Waals surface area contributed by atoms with Crippen molar-refractivity contribution in [3.05, 3.63) is 54.6 Å². The van der Waals surface area contributed by atoms with Gasteiger partial charge >= 0.3 is 0 Å². The molecular formula is C24H31N3O5S2. The predicted octanol–water partition coefficient (Wildman–Crippen LogP) is 3.43. The molecule has 8 nitrogen and oxygen atoms in total. The van der Waals surface area contributed by atoms with Crippen molar-refractivity contribution in [2.75, 3.05) is 18.4 Å². The topological polar surface area (TPSA) is 104 Å². The number of hydrogen-bond acceptors (Lipinski definition) is 5. The van der Waals surface area contributed by atoms with E-state index in [0.717, 1.165) is 25.7 Å². The van der Waals surface area contributed by atoms with E-state index < -0.39 is 26.0 Å². The van der Waals surface area contributed by atoms with E-state index >= 15 is 0 Å². The summed E-state index contributed by atoms with van der Waals surface area (Å²) in [6, 6.07) is 14.0. The first-order valence-corrected chi connectivity index (χ1v) is 14.6. The number of hydrogen-bond donors (Lipinski definition) is 1. The standard InChI is InChI=1S/C24H31N3O5S2/c1-2-20-10-6-7-17-26(20)33(29,30)22-13-15-23(16-14-22)34(31,32)27(21-11-12-21)18-24(28)25-19-8-4-3-5-9-19/h3-5,8-9,13-16,20-21H,2,6-7,10-12,17-18H2,1H3,(H,25,28). The molecule has 1 N–H and O–H groups in total. The highest BCUT2D eigenvalue weighted by atomic mass is 32.2. The number of benzene rings is 2. The second kappa shape index (κ2) is 10.2.